The van der Waals surface area contributed by atoms with Crippen molar-refractivity contribution in [2.24, 2.45) is 11.8 Å². The second-order valence-electron chi connectivity index (χ2n) is 11.8. The van der Waals surface area contributed by atoms with Crippen LogP contribution in [0.1, 0.15) is 71.3 Å². The number of anilines is 1. The molecular weight excluding hydrogens is 560 g/mol. The average Bonchev–Trinajstić information content (AvgIpc) is 3.53. The van der Waals surface area contributed by atoms with Gasteiger partial charge in [0, 0.05) is 37.1 Å². The fourth-order valence-corrected chi connectivity index (χ4v) is 5.53. The van der Waals surface area contributed by atoms with Gasteiger partial charge in [-0.1, -0.05) is 62.3 Å². The van der Waals surface area contributed by atoms with Crippen LogP contribution in [0.4, 0.5) is 5.69 Å². The van der Waals surface area contributed by atoms with Crippen molar-refractivity contribution in [3.05, 3.63) is 71.9 Å². The Morgan fingerprint density at radius 3 is 2.55 bits per heavy atom. The quantitative estimate of drug-likeness (QED) is 0.264. The fourth-order valence-electron chi connectivity index (χ4n) is 5.53. The van der Waals surface area contributed by atoms with Gasteiger partial charge >= 0.3 is 5.97 Å². The molecular formula is C35H48N2O7. The van der Waals surface area contributed by atoms with Crippen LogP contribution >= 0.6 is 0 Å². The summed E-state index contributed by atoms with van der Waals surface area (Å²) in [5, 5.41) is 27.1. The third kappa shape index (κ3) is 11.1. The van der Waals surface area contributed by atoms with Crippen molar-refractivity contribution in [3.8, 4) is 5.75 Å². The van der Waals surface area contributed by atoms with Crippen molar-refractivity contribution in [2.75, 3.05) is 12.4 Å². The number of aliphatic hydroxyl groups excluding tert-OH is 1. The van der Waals surface area contributed by atoms with Gasteiger partial charge in [0.25, 0.3) is 0 Å². The smallest absolute Gasteiger partial charge is 0.328 e. The first-order chi connectivity index (χ1) is 21.1. The molecule has 3 rings (SSSR count). The number of aryl methyl sites for hydroxylation is 1. The maximum Gasteiger partial charge on any atom is 0.328 e. The van der Waals surface area contributed by atoms with E-state index in [1.165, 1.54) is 13.2 Å². The van der Waals surface area contributed by atoms with Crippen molar-refractivity contribution in [3.63, 3.8) is 0 Å². The number of amides is 2. The average molecular weight is 609 g/mol. The van der Waals surface area contributed by atoms with E-state index in [0.29, 0.717) is 24.9 Å². The number of hydrogen-bond donors (Lipinski definition) is 4. The summed E-state index contributed by atoms with van der Waals surface area (Å²) in [6, 6.07) is 4.16. The number of phenols is 1. The van der Waals surface area contributed by atoms with Gasteiger partial charge in [-0.15, -0.1) is 0 Å². The van der Waals surface area contributed by atoms with Crippen LogP contribution < -0.4 is 10.6 Å². The first-order valence-corrected chi connectivity index (χ1v) is 15.6. The Kier molecular flexibility index (Phi) is 13.9. The number of aromatic hydroxyl groups is 1. The molecule has 2 bridgehead atoms. The minimum absolute atomic E-state index is 0.0460. The number of esters is 1. The summed E-state index contributed by atoms with van der Waals surface area (Å²) in [5.74, 6) is -1.33. The van der Waals surface area contributed by atoms with Crippen molar-refractivity contribution in [1.82, 2.24) is 5.32 Å². The Labute approximate surface area is 261 Å². The summed E-state index contributed by atoms with van der Waals surface area (Å²) in [7, 11) is 1.54. The molecule has 1 aromatic rings. The van der Waals surface area contributed by atoms with E-state index in [1.807, 2.05) is 44.2 Å². The predicted molar refractivity (Wildman–Crippen MR) is 171 cm³/mol. The number of methoxy groups -OCH3 is 1. The predicted octanol–water partition coefficient (Wildman–Crippen LogP) is 5.29. The molecule has 5 atom stereocenters. The first kappa shape index (κ1) is 34.8. The van der Waals surface area contributed by atoms with Crippen LogP contribution in [0.15, 0.2) is 66.3 Å². The number of hydrogen-bond acceptors (Lipinski definition) is 7. The van der Waals surface area contributed by atoms with Gasteiger partial charge in [0.15, 0.2) is 0 Å². The van der Waals surface area contributed by atoms with Crippen molar-refractivity contribution >= 4 is 23.5 Å². The largest absolute Gasteiger partial charge is 0.508 e. The number of allylic oxidation sites excluding steroid dienone is 5. The molecule has 0 spiro atoms. The van der Waals surface area contributed by atoms with Gasteiger partial charge in [0.1, 0.15) is 17.9 Å². The van der Waals surface area contributed by atoms with Crippen LogP contribution in [0.25, 0.3) is 0 Å². The summed E-state index contributed by atoms with van der Waals surface area (Å²) < 4.78 is 11.3. The zero-order valence-electron chi connectivity index (χ0n) is 26.3. The Morgan fingerprint density at radius 1 is 1.09 bits per heavy atom. The SMILES string of the molecule is CO[C@H]1/C=C/C=C/C=C/C[C@H](OC(=O)[C@@H](C)NC(=O)C2CCCC2)[C@H](C)[C@@H](O)/C(C)=C\CCc2cc(O)cc(c2)NC(=O)C1. The van der Waals surface area contributed by atoms with Gasteiger partial charge in [0.05, 0.1) is 18.6 Å². The fraction of sp³-hybridized carbons (Fsp3) is 0.514. The van der Waals surface area contributed by atoms with Crippen molar-refractivity contribution in [2.45, 2.75) is 96.5 Å². The van der Waals surface area contributed by atoms with Gasteiger partial charge < -0.3 is 30.3 Å². The maximum atomic E-state index is 13.1. The molecule has 4 N–H and O–H groups in total. The van der Waals surface area contributed by atoms with Crippen LogP contribution in [0, 0.1) is 11.8 Å². The molecule has 9 nitrogen and oxygen atoms in total. The van der Waals surface area contributed by atoms with Crippen LogP contribution in [0.5, 0.6) is 5.75 Å². The number of aliphatic hydroxyl groups is 1. The number of carbonyl (C=O) groups excluding carboxylic acids is 3. The van der Waals surface area contributed by atoms with Gasteiger partial charge in [0.2, 0.25) is 11.8 Å². The van der Waals surface area contributed by atoms with Gasteiger partial charge in [-0.05, 0) is 62.8 Å². The number of rotatable bonds is 5. The third-order valence-corrected chi connectivity index (χ3v) is 8.27. The summed E-state index contributed by atoms with van der Waals surface area (Å²) in [6.07, 6.45) is 16.2. The van der Waals surface area contributed by atoms with Crippen molar-refractivity contribution < 1.29 is 34.1 Å². The molecule has 2 amide bonds. The van der Waals surface area contributed by atoms with Crippen LogP contribution in [-0.4, -0.2) is 59.5 Å². The van der Waals surface area contributed by atoms with E-state index >= 15 is 0 Å². The van der Waals surface area contributed by atoms with E-state index in [1.54, 1.807) is 31.2 Å². The van der Waals surface area contributed by atoms with Gasteiger partial charge in [-0.3, -0.25) is 9.59 Å². The second kappa shape index (κ2) is 17.6. The van der Waals surface area contributed by atoms with Gasteiger partial charge in [-0.25, -0.2) is 4.79 Å². The third-order valence-electron chi connectivity index (χ3n) is 8.27. The number of fused-ring (bicyclic) bond motifs is 2. The highest BCUT2D eigenvalue weighted by atomic mass is 16.5. The lowest BCUT2D eigenvalue weighted by Gasteiger charge is -2.29. The van der Waals surface area contributed by atoms with E-state index in [-0.39, 0.29) is 29.9 Å². The molecule has 0 unspecified atom stereocenters. The summed E-state index contributed by atoms with van der Waals surface area (Å²) in [6.45, 7) is 5.31. The van der Waals surface area contributed by atoms with Crippen molar-refractivity contribution in [1.29, 1.82) is 0 Å². The number of nitrogens with one attached hydrogen (secondary N) is 2. The molecule has 0 radical (unpaired) electrons. The molecule has 2 aliphatic rings. The lowest BCUT2D eigenvalue weighted by molar-refractivity contribution is -0.156. The molecule has 240 valence electrons. The Morgan fingerprint density at radius 2 is 1.82 bits per heavy atom. The number of ether oxygens (including phenoxy) is 2. The Bertz CT molecular complexity index is 1250. The molecule has 0 saturated heterocycles. The van der Waals surface area contributed by atoms with Gasteiger partial charge in [-0.2, -0.15) is 0 Å². The van der Waals surface area contributed by atoms with Crippen LogP contribution in [-0.2, 0) is 30.3 Å². The second-order valence-corrected chi connectivity index (χ2v) is 11.8. The highest BCUT2D eigenvalue weighted by Gasteiger charge is 2.31. The lowest BCUT2D eigenvalue weighted by Crippen LogP contribution is -2.44. The number of phenolic OH excluding ortho intramolecular Hbond substituents is 1. The molecule has 1 heterocycles. The van der Waals surface area contributed by atoms with E-state index < -0.39 is 36.2 Å². The van der Waals surface area contributed by atoms with E-state index in [0.717, 1.165) is 36.8 Å². The van der Waals surface area contributed by atoms with E-state index in [2.05, 4.69) is 10.6 Å². The molecule has 1 fully saturated rings. The topological polar surface area (TPSA) is 134 Å². The zero-order valence-corrected chi connectivity index (χ0v) is 26.3. The Balaban J connectivity index is 1.79. The highest BCUT2D eigenvalue weighted by molar-refractivity contribution is 5.91. The number of benzene rings is 1. The Hall–Kier alpha value is -3.69. The summed E-state index contributed by atoms with van der Waals surface area (Å²) >= 11 is 0. The zero-order chi connectivity index (χ0) is 32.1. The number of carbonyl (C=O) groups is 3. The summed E-state index contributed by atoms with van der Waals surface area (Å²) in [4.78, 5) is 38.3. The lowest BCUT2D eigenvalue weighted by atomic mass is 9.90. The molecule has 1 saturated carbocycles. The maximum absolute atomic E-state index is 13.1. The van der Waals surface area contributed by atoms with E-state index in [9.17, 15) is 24.6 Å². The van der Waals surface area contributed by atoms with E-state index in [4.69, 9.17) is 9.47 Å². The normalized spacial score (nSPS) is 28.3. The molecule has 44 heavy (non-hydrogen) atoms. The first-order valence-electron chi connectivity index (χ1n) is 15.6. The standard InChI is InChI=1S/C35H48N2O7/c1-23-13-12-14-26-19-28(21-29(38)20-26)37-32(39)22-30(43-4)17-8-6-5-7-9-18-31(24(2)33(23)40)44-35(42)25(3)36-34(41)27-15-10-11-16-27/h5-9,13,17,19-21,24-25,27,30-31,33,38,40H,10-12,14-16,18,22H2,1-4H3,(H,36,41)(H,37,39)/b6-5+,9-7+,17-8+,23-13-/t24-,25+,30-,31-,33-/m0/s1. The minimum atomic E-state index is -0.873. The van der Waals surface area contributed by atoms with Crippen LogP contribution in [0.3, 0.4) is 0 Å². The van der Waals surface area contributed by atoms with Crippen LogP contribution in [0.2, 0.25) is 0 Å². The minimum Gasteiger partial charge on any atom is -0.508 e. The molecule has 9 heteroatoms. The molecule has 1 aliphatic heterocycles. The molecule has 1 aliphatic carbocycles. The summed E-state index contributed by atoms with van der Waals surface area (Å²) in [5.41, 5.74) is 2.06. The highest BCUT2D eigenvalue weighted by Crippen LogP contribution is 2.26. The molecule has 0 aromatic heterocycles. The molecule has 1 aromatic carbocycles. The monoisotopic (exact) mass is 608 g/mol.